The monoisotopic (exact) mass is 471 g/mol. The van der Waals surface area contributed by atoms with Crippen molar-refractivity contribution in [2.24, 2.45) is 0 Å². The number of nitrogens with zero attached hydrogens (tertiary/aromatic N) is 1. The minimum Gasteiger partial charge on any atom is -0.361 e. The molecule has 0 spiro atoms. The fourth-order valence-electron chi connectivity index (χ4n) is 6.29. The Kier molecular flexibility index (Phi) is 6.13. The summed E-state index contributed by atoms with van der Waals surface area (Å²) >= 11 is 0. The number of nitrogens with one attached hydrogen (secondary N) is 2. The van der Waals surface area contributed by atoms with E-state index in [1.165, 1.54) is 53.6 Å². The zero-order valence-electron chi connectivity index (χ0n) is 19.8. The maximum atomic E-state index is 13.6. The first-order valence-corrected chi connectivity index (χ1v) is 12.7. The number of halogens is 2. The quantitative estimate of drug-likeness (QED) is 0.328. The van der Waals surface area contributed by atoms with Crippen LogP contribution in [0.25, 0.3) is 10.9 Å². The smallest absolute Gasteiger partial charge is 0.123 e. The molecule has 0 saturated carbocycles. The normalized spacial score (nSPS) is 22.3. The predicted molar refractivity (Wildman–Crippen MR) is 136 cm³/mol. The van der Waals surface area contributed by atoms with Crippen molar-refractivity contribution in [2.45, 2.75) is 56.3 Å². The molecule has 3 heterocycles. The van der Waals surface area contributed by atoms with Gasteiger partial charge in [-0.1, -0.05) is 42.5 Å². The summed E-state index contributed by atoms with van der Waals surface area (Å²) in [5.41, 5.74) is 4.62. The highest BCUT2D eigenvalue weighted by molar-refractivity contribution is 5.83. The van der Waals surface area contributed by atoms with Crippen LogP contribution in [0.4, 0.5) is 8.78 Å². The molecule has 35 heavy (non-hydrogen) atoms. The molecule has 3 nitrogen and oxygen atoms in total. The van der Waals surface area contributed by atoms with Gasteiger partial charge in [0.1, 0.15) is 11.6 Å². The number of H-pyrrole nitrogens is 1. The van der Waals surface area contributed by atoms with Crippen LogP contribution in [0, 0.1) is 11.6 Å². The number of para-hydroxylation sites is 1. The number of hydrogen-bond donors (Lipinski definition) is 2. The van der Waals surface area contributed by atoms with Gasteiger partial charge in [-0.15, -0.1) is 0 Å². The van der Waals surface area contributed by atoms with E-state index in [9.17, 15) is 8.78 Å². The fourth-order valence-corrected chi connectivity index (χ4v) is 6.29. The van der Waals surface area contributed by atoms with E-state index in [1.807, 2.05) is 24.3 Å². The van der Waals surface area contributed by atoms with Gasteiger partial charge in [0.2, 0.25) is 0 Å². The first-order chi connectivity index (χ1) is 17.1. The van der Waals surface area contributed by atoms with E-state index in [4.69, 9.17) is 0 Å². The summed E-state index contributed by atoms with van der Waals surface area (Å²) in [7, 11) is 0. The molecular weight excluding hydrogens is 440 g/mol. The van der Waals surface area contributed by atoms with Gasteiger partial charge in [-0.25, -0.2) is 8.78 Å². The Morgan fingerprint density at radius 1 is 0.829 bits per heavy atom. The van der Waals surface area contributed by atoms with Crippen molar-refractivity contribution in [1.82, 2.24) is 15.2 Å². The number of benzene rings is 3. The third-order valence-electron chi connectivity index (χ3n) is 8.01. The first-order valence-electron chi connectivity index (χ1n) is 12.7. The van der Waals surface area contributed by atoms with E-state index in [1.54, 1.807) is 0 Å². The molecule has 6 rings (SSSR count). The van der Waals surface area contributed by atoms with Gasteiger partial charge in [0, 0.05) is 41.8 Å². The van der Waals surface area contributed by atoms with Gasteiger partial charge in [-0.2, -0.15) is 0 Å². The van der Waals surface area contributed by atoms with E-state index < -0.39 is 0 Å². The van der Waals surface area contributed by atoms with Gasteiger partial charge < -0.3 is 10.3 Å². The number of aromatic nitrogens is 1. The highest BCUT2D eigenvalue weighted by Gasteiger charge is 2.41. The number of fused-ring (bicyclic) bond motifs is 3. The second kappa shape index (κ2) is 9.56. The maximum absolute atomic E-state index is 13.6. The average Bonchev–Trinajstić information content (AvgIpc) is 3.39. The van der Waals surface area contributed by atoms with Gasteiger partial charge in [0.05, 0.1) is 6.04 Å². The second-order valence-corrected chi connectivity index (χ2v) is 10.1. The van der Waals surface area contributed by atoms with Crippen molar-refractivity contribution in [3.8, 4) is 0 Å². The summed E-state index contributed by atoms with van der Waals surface area (Å²) in [5, 5.41) is 5.20. The lowest BCUT2D eigenvalue weighted by Crippen LogP contribution is -2.50. The van der Waals surface area contributed by atoms with Gasteiger partial charge in [-0.3, -0.25) is 4.90 Å². The Labute approximate surface area is 205 Å². The maximum Gasteiger partial charge on any atom is 0.123 e. The second-order valence-electron chi connectivity index (χ2n) is 10.1. The molecule has 2 unspecified atom stereocenters. The molecule has 180 valence electrons. The minimum atomic E-state index is -0.242. The summed E-state index contributed by atoms with van der Waals surface area (Å²) in [5.74, 6) is -0.485. The Hall–Kier alpha value is -3.02. The minimum absolute atomic E-state index is 0.0848. The topological polar surface area (TPSA) is 31.1 Å². The van der Waals surface area contributed by atoms with Gasteiger partial charge >= 0.3 is 0 Å². The molecule has 2 fully saturated rings. The first kappa shape index (κ1) is 22.4. The Bertz CT molecular complexity index is 1220. The summed E-state index contributed by atoms with van der Waals surface area (Å²) in [6.45, 7) is 1.09. The number of rotatable bonds is 7. The zero-order valence-corrected chi connectivity index (χ0v) is 19.8. The lowest BCUT2D eigenvalue weighted by atomic mass is 9.92. The van der Waals surface area contributed by atoms with Crippen LogP contribution in [0.15, 0.2) is 79.0 Å². The average molecular weight is 472 g/mol. The molecule has 4 aromatic rings. The molecule has 2 aliphatic heterocycles. The molecule has 0 amide bonds. The summed E-state index contributed by atoms with van der Waals surface area (Å²) in [4.78, 5) is 6.13. The van der Waals surface area contributed by atoms with Crippen LogP contribution in [-0.4, -0.2) is 34.6 Å². The van der Waals surface area contributed by atoms with E-state index in [0.717, 1.165) is 36.9 Å². The molecule has 2 aliphatic rings. The number of hydrogen-bond acceptors (Lipinski definition) is 2. The lowest BCUT2D eigenvalue weighted by Gasteiger charge is -2.40. The van der Waals surface area contributed by atoms with Crippen LogP contribution < -0.4 is 5.32 Å². The van der Waals surface area contributed by atoms with Crippen LogP contribution in [0.2, 0.25) is 0 Å². The highest BCUT2D eigenvalue weighted by Crippen LogP contribution is 2.37. The van der Waals surface area contributed by atoms with E-state index >= 15 is 0 Å². The molecule has 0 radical (unpaired) electrons. The molecule has 2 N–H and O–H groups in total. The third-order valence-corrected chi connectivity index (χ3v) is 8.01. The molecule has 2 saturated heterocycles. The fraction of sp³-hybridized carbons (Fsp3) is 0.333. The summed E-state index contributed by atoms with van der Waals surface area (Å²) < 4.78 is 27.2. The molecule has 1 aromatic heterocycles. The molecule has 2 bridgehead atoms. The van der Waals surface area contributed by atoms with Crippen molar-refractivity contribution in [1.29, 1.82) is 0 Å². The van der Waals surface area contributed by atoms with E-state index in [2.05, 4.69) is 45.7 Å². The molecular formula is C30H31F2N3. The molecule has 5 heteroatoms. The lowest BCUT2D eigenvalue weighted by molar-refractivity contribution is 0.116. The van der Waals surface area contributed by atoms with Crippen LogP contribution in [0.5, 0.6) is 0 Å². The summed E-state index contributed by atoms with van der Waals surface area (Å²) in [6.07, 6.45) is 7.91. The van der Waals surface area contributed by atoms with Crippen molar-refractivity contribution >= 4 is 10.9 Å². The van der Waals surface area contributed by atoms with Gasteiger partial charge in [0.25, 0.3) is 0 Å². The van der Waals surface area contributed by atoms with Crippen molar-refractivity contribution < 1.29 is 8.78 Å². The Morgan fingerprint density at radius 3 is 2.06 bits per heavy atom. The Morgan fingerprint density at radius 2 is 1.43 bits per heavy atom. The number of piperidine rings is 1. The van der Waals surface area contributed by atoms with E-state index in [-0.39, 0.29) is 17.7 Å². The van der Waals surface area contributed by atoms with Crippen LogP contribution in [0.3, 0.4) is 0 Å². The van der Waals surface area contributed by atoms with Crippen LogP contribution in [-0.2, 0) is 6.42 Å². The molecule has 2 atom stereocenters. The number of aromatic amines is 1. The largest absolute Gasteiger partial charge is 0.361 e. The van der Waals surface area contributed by atoms with Crippen molar-refractivity contribution in [2.75, 3.05) is 6.54 Å². The summed E-state index contributed by atoms with van der Waals surface area (Å²) in [6, 6.07) is 23.3. The van der Waals surface area contributed by atoms with Gasteiger partial charge in [0.15, 0.2) is 0 Å². The highest BCUT2D eigenvalue weighted by atomic mass is 19.1. The van der Waals surface area contributed by atoms with Gasteiger partial charge in [-0.05, 0) is 79.1 Å². The van der Waals surface area contributed by atoms with Crippen LogP contribution >= 0.6 is 0 Å². The van der Waals surface area contributed by atoms with Crippen molar-refractivity contribution in [3.63, 3.8) is 0 Å². The van der Waals surface area contributed by atoms with Crippen LogP contribution in [0.1, 0.15) is 48.4 Å². The van der Waals surface area contributed by atoms with Crippen molar-refractivity contribution in [3.05, 3.63) is 107 Å². The zero-order chi connectivity index (χ0) is 23.8. The Balaban J connectivity index is 1.15. The third kappa shape index (κ3) is 4.63. The standard InChI is InChI=1S/C30H31F2N3/c31-23-9-5-20(6-10-23)30(21-7-11-24(32)12-8-21)34-25-17-26-13-14-27(18-25)35(26)16-15-22-19-33-29-4-2-1-3-28(22)29/h1-12,19,25-27,30,33-34H,13-18H2. The predicted octanol–water partition coefficient (Wildman–Crippen LogP) is 6.36. The van der Waals surface area contributed by atoms with E-state index in [0.29, 0.717) is 18.1 Å². The SMILES string of the molecule is Fc1ccc(C(NC2CC3CCC(C2)N3CCc2c[nH]c3ccccc23)c2ccc(F)cc2)cc1. The molecule has 3 aromatic carbocycles. The molecule has 0 aliphatic carbocycles.